The van der Waals surface area contributed by atoms with Gasteiger partial charge in [-0.25, -0.2) is 8.78 Å². The molecule has 4 nitrogen and oxygen atoms in total. The Morgan fingerprint density at radius 1 is 1.13 bits per heavy atom. The molecule has 0 saturated heterocycles. The van der Waals surface area contributed by atoms with Crippen LogP contribution in [0.4, 0.5) is 8.78 Å². The van der Waals surface area contributed by atoms with Crippen LogP contribution in [0.2, 0.25) is 5.02 Å². The number of fused-ring (bicyclic) bond motifs is 2. The Hall–Kier alpha value is -2.28. The van der Waals surface area contributed by atoms with E-state index in [1.807, 2.05) is 6.92 Å². The normalized spacial score (nSPS) is 20.1. The predicted molar refractivity (Wildman–Crippen MR) is 114 cm³/mol. The molecule has 0 aromatic heterocycles. The van der Waals surface area contributed by atoms with Crippen LogP contribution in [-0.2, 0) is 28.0 Å². The SMILES string of the molecule is Cc1cc(F)cc2c1CC/C2=C\C(=O)Cl.O=C(O)CC1(O)CCc2c(F)cc(Cl)cc21. The van der Waals surface area contributed by atoms with Crippen molar-refractivity contribution in [3.63, 3.8) is 0 Å². The molecule has 2 N–H and O–H groups in total. The zero-order chi connectivity index (χ0) is 22.9. The van der Waals surface area contributed by atoms with Gasteiger partial charge in [0.15, 0.2) is 0 Å². The van der Waals surface area contributed by atoms with Crippen molar-refractivity contribution in [1.82, 2.24) is 0 Å². The van der Waals surface area contributed by atoms with Gasteiger partial charge in [-0.1, -0.05) is 11.6 Å². The molecule has 4 rings (SSSR count). The number of aliphatic carboxylic acids is 1. The Kier molecular flexibility index (Phi) is 6.84. The maximum atomic E-state index is 13.5. The highest BCUT2D eigenvalue weighted by atomic mass is 35.5. The van der Waals surface area contributed by atoms with E-state index in [9.17, 15) is 23.5 Å². The Balaban J connectivity index is 0.000000176. The van der Waals surface area contributed by atoms with E-state index in [1.54, 1.807) is 0 Å². The monoisotopic (exact) mass is 468 g/mol. The fourth-order valence-electron chi connectivity index (χ4n) is 4.25. The molecule has 1 atom stereocenters. The minimum Gasteiger partial charge on any atom is -0.481 e. The third-order valence-electron chi connectivity index (χ3n) is 5.61. The molecule has 2 aromatic carbocycles. The van der Waals surface area contributed by atoms with Crippen molar-refractivity contribution in [1.29, 1.82) is 0 Å². The molecule has 31 heavy (non-hydrogen) atoms. The number of halogens is 4. The Labute approximate surface area is 188 Å². The van der Waals surface area contributed by atoms with Gasteiger partial charge in [0, 0.05) is 11.1 Å². The molecule has 0 saturated carbocycles. The average Bonchev–Trinajstić information content (AvgIpc) is 3.17. The Morgan fingerprint density at radius 3 is 2.48 bits per heavy atom. The van der Waals surface area contributed by atoms with Crippen LogP contribution in [-0.4, -0.2) is 21.4 Å². The summed E-state index contributed by atoms with van der Waals surface area (Å²) in [6.45, 7) is 1.88. The van der Waals surface area contributed by atoms with E-state index in [0.29, 0.717) is 17.5 Å². The molecule has 0 fully saturated rings. The second kappa shape index (κ2) is 9.07. The number of carbonyl (C=O) groups is 2. The van der Waals surface area contributed by atoms with Crippen LogP contribution in [0.25, 0.3) is 5.57 Å². The van der Waals surface area contributed by atoms with Crippen LogP contribution in [0.15, 0.2) is 30.3 Å². The largest absolute Gasteiger partial charge is 0.481 e. The zero-order valence-corrected chi connectivity index (χ0v) is 18.2. The van der Waals surface area contributed by atoms with E-state index in [-0.39, 0.29) is 17.3 Å². The fourth-order valence-corrected chi connectivity index (χ4v) is 4.58. The number of benzene rings is 2. The highest BCUT2D eigenvalue weighted by Gasteiger charge is 2.40. The number of allylic oxidation sites excluding steroid dienone is 2. The standard InChI is InChI=1S/C12H10ClFO.C11H10ClFO3/c1-7-4-9(14)6-11-8(5-12(13)15)2-3-10(7)11;12-6-3-8-7(9(13)4-6)1-2-11(8,16)5-10(14)15/h4-6H,2-3H2,1H3;3-4,16H,1-2,5H2,(H,14,15)/b8-5+;. The molecular formula is C23H20Cl2F2O4. The van der Waals surface area contributed by atoms with Crippen LogP contribution in [0, 0.1) is 18.6 Å². The van der Waals surface area contributed by atoms with Crippen molar-refractivity contribution in [2.24, 2.45) is 0 Å². The first-order chi connectivity index (χ1) is 14.5. The molecule has 0 spiro atoms. The quantitative estimate of drug-likeness (QED) is 0.472. The summed E-state index contributed by atoms with van der Waals surface area (Å²) in [6, 6.07) is 5.61. The highest BCUT2D eigenvalue weighted by molar-refractivity contribution is 6.67. The van der Waals surface area contributed by atoms with E-state index >= 15 is 0 Å². The maximum absolute atomic E-state index is 13.5. The first-order valence-corrected chi connectivity index (χ1v) is 10.4. The van der Waals surface area contributed by atoms with Crippen molar-refractivity contribution < 1.29 is 28.6 Å². The fraction of sp³-hybridized carbons (Fsp3) is 0.304. The maximum Gasteiger partial charge on any atom is 0.306 e. The van der Waals surface area contributed by atoms with Gasteiger partial charge in [-0.3, -0.25) is 9.59 Å². The summed E-state index contributed by atoms with van der Waals surface area (Å²) < 4.78 is 26.7. The molecule has 2 aliphatic rings. The first-order valence-electron chi connectivity index (χ1n) is 9.62. The molecule has 2 aliphatic carbocycles. The summed E-state index contributed by atoms with van der Waals surface area (Å²) in [5.74, 6) is -1.86. The van der Waals surface area contributed by atoms with Gasteiger partial charge in [0.25, 0.3) is 0 Å². The lowest BCUT2D eigenvalue weighted by molar-refractivity contribution is -0.142. The summed E-state index contributed by atoms with van der Waals surface area (Å²) in [5.41, 5.74) is 2.92. The molecule has 0 amide bonds. The second-order valence-electron chi connectivity index (χ2n) is 7.74. The van der Waals surface area contributed by atoms with Gasteiger partial charge in [-0.2, -0.15) is 0 Å². The number of hydrogen-bond acceptors (Lipinski definition) is 3. The van der Waals surface area contributed by atoms with Gasteiger partial charge >= 0.3 is 5.97 Å². The number of aliphatic hydroxyl groups is 1. The zero-order valence-electron chi connectivity index (χ0n) is 16.6. The van der Waals surface area contributed by atoms with Gasteiger partial charge in [0.1, 0.15) is 17.2 Å². The molecular weight excluding hydrogens is 449 g/mol. The van der Waals surface area contributed by atoms with Gasteiger partial charge in [0.2, 0.25) is 5.24 Å². The van der Waals surface area contributed by atoms with E-state index in [2.05, 4.69) is 0 Å². The summed E-state index contributed by atoms with van der Waals surface area (Å²) in [5, 5.41) is 18.5. The highest BCUT2D eigenvalue weighted by Crippen LogP contribution is 2.41. The topological polar surface area (TPSA) is 74.6 Å². The van der Waals surface area contributed by atoms with Crippen molar-refractivity contribution in [3.8, 4) is 0 Å². The number of hydrogen-bond donors (Lipinski definition) is 2. The number of carboxylic acids is 1. The number of carboxylic acid groups (broad SMARTS) is 1. The van der Waals surface area contributed by atoms with Crippen LogP contribution < -0.4 is 0 Å². The first kappa shape index (κ1) is 23.4. The van der Waals surface area contributed by atoms with E-state index in [1.165, 1.54) is 30.3 Å². The minimum atomic E-state index is -1.49. The second-order valence-corrected chi connectivity index (χ2v) is 8.55. The molecule has 0 radical (unpaired) electrons. The van der Waals surface area contributed by atoms with Crippen molar-refractivity contribution in [3.05, 3.63) is 74.8 Å². The lowest BCUT2D eigenvalue weighted by Crippen LogP contribution is -2.26. The molecule has 0 heterocycles. The van der Waals surface area contributed by atoms with Gasteiger partial charge in [-0.05, 0) is 102 Å². The van der Waals surface area contributed by atoms with Crippen LogP contribution >= 0.6 is 23.2 Å². The number of rotatable bonds is 3. The smallest absolute Gasteiger partial charge is 0.306 e. The van der Waals surface area contributed by atoms with Crippen molar-refractivity contribution in [2.75, 3.05) is 0 Å². The molecule has 1 unspecified atom stereocenters. The molecule has 0 bridgehead atoms. The Bertz CT molecular complexity index is 1100. The summed E-state index contributed by atoms with van der Waals surface area (Å²) >= 11 is 11.0. The molecule has 2 aromatic rings. The number of aryl methyl sites for hydroxylation is 1. The van der Waals surface area contributed by atoms with Gasteiger partial charge in [0.05, 0.1) is 6.42 Å². The lowest BCUT2D eigenvalue weighted by Gasteiger charge is -2.21. The average molecular weight is 469 g/mol. The van der Waals surface area contributed by atoms with E-state index in [0.717, 1.165) is 35.1 Å². The number of carbonyl (C=O) groups excluding carboxylic acids is 1. The molecule has 0 aliphatic heterocycles. The summed E-state index contributed by atoms with van der Waals surface area (Å²) in [7, 11) is 0. The van der Waals surface area contributed by atoms with Gasteiger partial charge < -0.3 is 10.2 Å². The lowest BCUT2D eigenvalue weighted by atomic mass is 9.92. The molecule has 8 heteroatoms. The molecule has 164 valence electrons. The van der Waals surface area contributed by atoms with Crippen LogP contribution in [0.3, 0.4) is 0 Å². The Morgan fingerprint density at radius 2 is 1.84 bits per heavy atom. The third-order valence-corrected chi connectivity index (χ3v) is 5.94. The van der Waals surface area contributed by atoms with Crippen molar-refractivity contribution >= 4 is 40.0 Å². The third kappa shape index (κ3) is 5.14. The van der Waals surface area contributed by atoms with Crippen LogP contribution in [0.1, 0.15) is 47.1 Å². The summed E-state index contributed by atoms with van der Waals surface area (Å²) in [4.78, 5) is 21.4. The van der Waals surface area contributed by atoms with E-state index in [4.69, 9.17) is 28.3 Å². The minimum absolute atomic E-state index is 0.168. The predicted octanol–water partition coefficient (Wildman–Crippen LogP) is 5.32. The van der Waals surface area contributed by atoms with E-state index < -0.39 is 29.1 Å². The van der Waals surface area contributed by atoms with Gasteiger partial charge in [-0.15, -0.1) is 0 Å². The van der Waals surface area contributed by atoms with Crippen molar-refractivity contribution in [2.45, 2.75) is 44.6 Å². The van der Waals surface area contributed by atoms with Crippen LogP contribution in [0.5, 0.6) is 0 Å². The summed E-state index contributed by atoms with van der Waals surface area (Å²) in [6.07, 6.45) is 3.12.